The monoisotopic (exact) mass is 243 g/mol. The number of aryl methyl sites for hydroxylation is 2. The molecule has 0 saturated carbocycles. The molecule has 16 heavy (non-hydrogen) atoms. The molecule has 0 bridgehead atoms. The van der Waals surface area contributed by atoms with Gasteiger partial charge in [-0.05, 0) is 31.0 Å². The molecule has 0 fully saturated rings. The fourth-order valence-electron chi connectivity index (χ4n) is 1.55. The summed E-state index contributed by atoms with van der Waals surface area (Å²) in [4.78, 5) is 4.20. The lowest BCUT2D eigenvalue weighted by atomic mass is 10.1. The molecular weight excluding hydrogens is 232 g/mol. The number of benzene rings is 1. The average Bonchev–Trinajstić information content (AvgIpc) is 2.57. The van der Waals surface area contributed by atoms with E-state index in [4.69, 9.17) is 0 Å². The molecule has 86 valence electrons. The van der Waals surface area contributed by atoms with Crippen LogP contribution in [0.4, 0.5) is 8.78 Å². The second-order valence-electron chi connectivity index (χ2n) is 3.41. The van der Waals surface area contributed by atoms with E-state index in [1.165, 1.54) is 11.3 Å². The SMILES string of the molecule is CCc1cc(OC(F)F)c2nc(C)sc2c1. The maximum Gasteiger partial charge on any atom is 0.387 e. The first-order chi connectivity index (χ1) is 7.60. The summed E-state index contributed by atoms with van der Waals surface area (Å²) in [5.41, 5.74) is 1.51. The molecule has 2 nitrogen and oxygen atoms in total. The van der Waals surface area contributed by atoms with Crippen LogP contribution in [-0.4, -0.2) is 11.6 Å². The molecule has 0 atom stereocenters. The standard InChI is InChI=1S/C11H11F2NOS/c1-3-7-4-8(15-11(12)13)10-9(5-7)16-6(2)14-10/h4-5,11H,3H2,1-2H3. The molecule has 0 N–H and O–H groups in total. The smallest absolute Gasteiger partial charge is 0.387 e. The Morgan fingerprint density at radius 3 is 2.81 bits per heavy atom. The summed E-state index contributed by atoms with van der Waals surface area (Å²) in [5.74, 6) is 0.175. The second-order valence-corrected chi connectivity index (χ2v) is 4.64. The Morgan fingerprint density at radius 2 is 2.19 bits per heavy atom. The first kappa shape index (κ1) is 11.3. The number of alkyl halides is 2. The molecule has 0 aliphatic rings. The Morgan fingerprint density at radius 1 is 1.44 bits per heavy atom. The summed E-state index contributed by atoms with van der Waals surface area (Å²) < 4.78 is 29.9. The number of hydrogen-bond donors (Lipinski definition) is 0. The third-order valence-corrected chi connectivity index (χ3v) is 3.17. The van der Waals surface area contributed by atoms with Crippen LogP contribution in [0.1, 0.15) is 17.5 Å². The molecule has 0 aliphatic heterocycles. The number of ether oxygens (including phenoxy) is 1. The van der Waals surface area contributed by atoms with E-state index in [1.807, 2.05) is 19.9 Å². The number of aromatic nitrogens is 1. The lowest BCUT2D eigenvalue weighted by Crippen LogP contribution is -2.02. The van der Waals surface area contributed by atoms with Gasteiger partial charge in [0.25, 0.3) is 0 Å². The zero-order valence-corrected chi connectivity index (χ0v) is 9.78. The van der Waals surface area contributed by atoms with Crippen LogP contribution in [0, 0.1) is 6.92 Å². The Kier molecular flexibility index (Phi) is 3.05. The fraction of sp³-hybridized carbons (Fsp3) is 0.364. The van der Waals surface area contributed by atoms with Gasteiger partial charge >= 0.3 is 6.61 Å². The molecule has 2 rings (SSSR count). The number of halogens is 2. The third kappa shape index (κ3) is 2.14. The highest BCUT2D eigenvalue weighted by Crippen LogP contribution is 2.32. The van der Waals surface area contributed by atoms with Crippen molar-refractivity contribution in [1.82, 2.24) is 4.98 Å². The van der Waals surface area contributed by atoms with Crippen molar-refractivity contribution >= 4 is 21.6 Å². The number of thiazole rings is 1. The average molecular weight is 243 g/mol. The molecule has 0 saturated heterocycles. The topological polar surface area (TPSA) is 22.1 Å². The molecule has 1 aromatic carbocycles. The van der Waals surface area contributed by atoms with Crippen LogP contribution in [-0.2, 0) is 6.42 Å². The van der Waals surface area contributed by atoms with E-state index in [9.17, 15) is 8.78 Å². The van der Waals surface area contributed by atoms with Gasteiger partial charge in [-0.2, -0.15) is 8.78 Å². The van der Waals surface area contributed by atoms with Crippen LogP contribution < -0.4 is 4.74 Å². The van der Waals surface area contributed by atoms with Crippen molar-refractivity contribution in [2.45, 2.75) is 26.9 Å². The zero-order valence-electron chi connectivity index (χ0n) is 8.96. The van der Waals surface area contributed by atoms with Crippen molar-refractivity contribution in [1.29, 1.82) is 0 Å². The van der Waals surface area contributed by atoms with Gasteiger partial charge in [0.2, 0.25) is 0 Å². The van der Waals surface area contributed by atoms with Crippen LogP contribution in [0.2, 0.25) is 0 Å². The number of nitrogens with zero attached hydrogens (tertiary/aromatic N) is 1. The molecule has 0 unspecified atom stereocenters. The molecule has 1 heterocycles. The van der Waals surface area contributed by atoms with Gasteiger partial charge in [-0.15, -0.1) is 11.3 Å². The summed E-state index contributed by atoms with van der Waals surface area (Å²) in [6, 6.07) is 3.60. The minimum atomic E-state index is -2.81. The normalized spacial score (nSPS) is 11.3. The predicted molar refractivity (Wildman–Crippen MR) is 60.4 cm³/mol. The summed E-state index contributed by atoms with van der Waals surface area (Å²) in [6.45, 7) is 1.02. The highest BCUT2D eigenvalue weighted by atomic mass is 32.1. The van der Waals surface area contributed by atoms with E-state index in [1.54, 1.807) is 6.07 Å². The quantitative estimate of drug-likeness (QED) is 0.818. The Balaban J connectivity index is 2.58. The van der Waals surface area contributed by atoms with E-state index >= 15 is 0 Å². The van der Waals surface area contributed by atoms with Crippen LogP contribution in [0.25, 0.3) is 10.2 Å². The minimum Gasteiger partial charge on any atom is -0.432 e. The van der Waals surface area contributed by atoms with Crippen LogP contribution >= 0.6 is 11.3 Å². The minimum absolute atomic E-state index is 0.175. The second kappa shape index (κ2) is 4.33. The molecule has 0 spiro atoms. The molecule has 1 aromatic heterocycles. The summed E-state index contributed by atoms with van der Waals surface area (Å²) in [7, 11) is 0. The van der Waals surface area contributed by atoms with Crippen molar-refractivity contribution in [2.24, 2.45) is 0 Å². The van der Waals surface area contributed by atoms with Gasteiger partial charge in [-0.1, -0.05) is 6.92 Å². The Hall–Kier alpha value is -1.23. The van der Waals surface area contributed by atoms with E-state index in [0.29, 0.717) is 5.52 Å². The lowest BCUT2D eigenvalue weighted by molar-refractivity contribution is -0.0489. The molecule has 5 heteroatoms. The predicted octanol–water partition coefficient (Wildman–Crippen LogP) is 3.77. The Bertz CT molecular complexity index is 510. The van der Waals surface area contributed by atoms with Crippen molar-refractivity contribution < 1.29 is 13.5 Å². The Labute approximate surface area is 95.9 Å². The summed E-state index contributed by atoms with van der Waals surface area (Å²) in [6.07, 6.45) is 0.784. The summed E-state index contributed by atoms with van der Waals surface area (Å²) >= 11 is 1.49. The van der Waals surface area contributed by atoms with Crippen LogP contribution in [0.3, 0.4) is 0 Å². The highest BCUT2D eigenvalue weighted by Gasteiger charge is 2.13. The van der Waals surface area contributed by atoms with Crippen LogP contribution in [0.5, 0.6) is 5.75 Å². The van der Waals surface area contributed by atoms with Gasteiger partial charge in [0.05, 0.1) is 9.71 Å². The highest BCUT2D eigenvalue weighted by molar-refractivity contribution is 7.18. The zero-order chi connectivity index (χ0) is 11.7. The van der Waals surface area contributed by atoms with E-state index in [0.717, 1.165) is 21.7 Å². The van der Waals surface area contributed by atoms with Crippen molar-refractivity contribution in [2.75, 3.05) is 0 Å². The van der Waals surface area contributed by atoms with E-state index in [2.05, 4.69) is 9.72 Å². The maximum absolute atomic E-state index is 12.2. The first-order valence-electron chi connectivity index (χ1n) is 4.95. The number of hydrogen-bond acceptors (Lipinski definition) is 3. The number of rotatable bonds is 3. The van der Waals surface area contributed by atoms with Gasteiger partial charge in [0, 0.05) is 0 Å². The summed E-state index contributed by atoms with van der Waals surface area (Å²) in [5, 5.41) is 0.849. The van der Waals surface area contributed by atoms with Crippen LogP contribution in [0.15, 0.2) is 12.1 Å². The van der Waals surface area contributed by atoms with Gasteiger partial charge in [-0.3, -0.25) is 0 Å². The maximum atomic E-state index is 12.2. The van der Waals surface area contributed by atoms with E-state index in [-0.39, 0.29) is 5.75 Å². The molecular formula is C11H11F2NOS. The third-order valence-electron chi connectivity index (χ3n) is 2.25. The largest absolute Gasteiger partial charge is 0.432 e. The fourth-order valence-corrected chi connectivity index (χ4v) is 2.46. The number of fused-ring (bicyclic) bond motifs is 1. The molecule has 0 aliphatic carbocycles. The van der Waals surface area contributed by atoms with Gasteiger partial charge in [0.1, 0.15) is 5.52 Å². The van der Waals surface area contributed by atoms with Crippen molar-refractivity contribution in [3.8, 4) is 5.75 Å². The van der Waals surface area contributed by atoms with Crippen molar-refractivity contribution in [3.63, 3.8) is 0 Å². The molecule has 0 radical (unpaired) electrons. The lowest BCUT2D eigenvalue weighted by Gasteiger charge is -2.06. The van der Waals surface area contributed by atoms with Crippen molar-refractivity contribution in [3.05, 3.63) is 22.7 Å². The van der Waals surface area contributed by atoms with Gasteiger partial charge in [0.15, 0.2) is 5.75 Å². The van der Waals surface area contributed by atoms with Gasteiger partial charge < -0.3 is 4.74 Å². The first-order valence-corrected chi connectivity index (χ1v) is 5.76. The van der Waals surface area contributed by atoms with Gasteiger partial charge in [-0.25, -0.2) is 4.98 Å². The molecule has 0 amide bonds. The molecule has 2 aromatic rings. The van der Waals surface area contributed by atoms with E-state index < -0.39 is 6.61 Å².